The molecule has 0 spiro atoms. The molecule has 5 heteroatoms. The predicted molar refractivity (Wildman–Crippen MR) is 69.1 cm³/mol. The minimum Gasteiger partial charge on any atom is -0.481 e. The normalized spacial score (nSPS) is 10.6. The monoisotopic (exact) mass is 259 g/mol. The lowest BCUT2D eigenvalue weighted by Gasteiger charge is -1.97. The molecule has 2 rings (SSSR count). The smallest absolute Gasteiger partial charge is 0.303 e. The Labute approximate surface area is 109 Å². The Morgan fingerprint density at radius 1 is 1.16 bits per heavy atom. The first kappa shape index (κ1) is 13.0. The van der Waals surface area contributed by atoms with Crippen LogP contribution in [-0.4, -0.2) is 27.2 Å². The second-order valence-electron chi connectivity index (χ2n) is 4.32. The number of carbonyl (C=O) groups excluding carboxylic acids is 2. The molecule has 0 amide bonds. The largest absolute Gasteiger partial charge is 0.481 e. The number of hydrogen-bond donors (Lipinski definition) is 1. The third-order valence-corrected chi connectivity index (χ3v) is 2.96. The van der Waals surface area contributed by atoms with Crippen LogP contribution < -0.4 is 0 Å². The van der Waals surface area contributed by atoms with Crippen LogP contribution >= 0.6 is 0 Å². The molecule has 5 nitrogen and oxygen atoms in total. The lowest BCUT2D eigenvalue weighted by atomic mass is 10.0. The Kier molecular flexibility index (Phi) is 3.46. The van der Waals surface area contributed by atoms with E-state index in [4.69, 9.17) is 5.11 Å². The van der Waals surface area contributed by atoms with E-state index in [1.54, 1.807) is 29.9 Å². The van der Waals surface area contributed by atoms with Gasteiger partial charge in [-0.25, -0.2) is 0 Å². The van der Waals surface area contributed by atoms with Crippen molar-refractivity contribution in [3.8, 4) is 0 Å². The number of fused-ring (bicyclic) bond motifs is 1. The number of nitrogens with zero attached hydrogens (tertiary/aromatic N) is 1. The zero-order chi connectivity index (χ0) is 14.0. The van der Waals surface area contributed by atoms with Crippen LogP contribution in [0.3, 0.4) is 0 Å². The van der Waals surface area contributed by atoms with Crippen molar-refractivity contribution in [2.45, 2.75) is 12.8 Å². The quantitative estimate of drug-likeness (QED) is 0.656. The summed E-state index contributed by atoms with van der Waals surface area (Å²) in [6, 6.07) is 7.27. The van der Waals surface area contributed by atoms with Gasteiger partial charge in [-0.2, -0.15) is 0 Å². The van der Waals surface area contributed by atoms with Gasteiger partial charge in [0, 0.05) is 30.6 Å². The van der Waals surface area contributed by atoms with E-state index in [1.807, 2.05) is 12.1 Å². The summed E-state index contributed by atoms with van der Waals surface area (Å²) in [5, 5.41) is 9.23. The zero-order valence-corrected chi connectivity index (χ0v) is 10.4. The minimum atomic E-state index is -1.08. The van der Waals surface area contributed by atoms with Gasteiger partial charge in [-0.05, 0) is 6.07 Å². The Morgan fingerprint density at radius 3 is 2.53 bits per heavy atom. The van der Waals surface area contributed by atoms with Gasteiger partial charge in [0.15, 0.2) is 0 Å². The number of aliphatic carboxylic acids is 1. The Morgan fingerprint density at radius 2 is 1.84 bits per heavy atom. The van der Waals surface area contributed by atoms with Gasteiger partial charge in [-0.3, -0.25) is 14.4 Å². The molecule has 19 heavy (non-hydrogen) atoms. The fourth-order valence-corrected chi connectivity index (χ4v) is 2.01. The molecule has 0 saturated heterocycles. The molecular formula is C14H13NO4. The van der Waals surface area contributed by atoms with Crippen LogP contribution in [0.4, 0.5) is 0 Å². The average molecular weight is 259 g/mol. The fraction of sp³-hybridized carbons (Fsp3) is 0.214. The second kappa shape index (κ2) is 5.06. The maximum absolute atomic E-state index is 12.0. The van der Waals surface area contributed by atoms with E-state index < -0.39 is 17.5 Å². The molecule has 0 atom stereocenters. The molecule has 0 fully saturated rings. The number of carbonyl (C=O) groups is 3. The maximum atomic E-state index is 12.0. The molecule has 0 aliphatic rings. The number of Topliss-reactive ketones (excluding diaryl/α,β-unsaturated/α-hetero) is 2. The summed E-state index contributed by atoms with van der Waals surface area (Å²) in [5.41, 5.74) is 1.19. The summed E-state index contributed by atoms with van der Waals surface area (Å²) >= 11 is 0. The fourth-order valence-electron chi connectivity index (χ4n) is 2.01. The van der Waals surface area contributed by atoms with Crippen molar-refractivity contribution in [1.82, 2.24) is 4.57 Å². The summed E-state index contributed by atoms with van der Waals surface area (Å²) in [4.78, 5) is 34.1. The Hall–Kier alpha value is -2.43. The highest BCUT2D eigenvalue weighted by molar-refractivity contribution is 6.45. The van der Waals surface area contributed by atoms with Crippen LogP contribution in [0.15, 0.2) is 30.5 Å². The summed E-state index contributed by atoms with van der Waals surface area (Å²) in [7, 11) is 1.79. The van der Waals surface area contributed by atoms with Crippen LogP contribution in [0.2, 0.25) is 0 Å². The zero-order valence-electron chi connectivity index (χ0n) is 10.4. The van der Waals surface area contributed by atoms with Gasteiger partial charge < -0.3 is 9.67 Å². The molecule has 98 valence electrons. The van der Waals surface area contributed by atoms with Crippen molar-refractivity contribution >= 4 is 28.4 Å². The Balaban J connectivity index is 2.31. The van der Waals surface area contributed by atoms with Crippen LogP contribution in [0.1, 0.15) is 23.2 Å². The first-order chi connectivity index (χ1) is 9.00. The van der Waals surface area contributed by atoms with Gasteiger partial charge in [0.1, 0.15) is 0 Å². The number of carboxylic acid groups (broad SMARTS) is 1. The molecule has 2 aromatic rings. The molecule has 1 aromatic heterocycles. The lowest BCUT2D eigenvalue weighted by molar-refractivity contribution is -0.138. The first-order valence-corrected chi connectivity index (χ1v) is 5.84. The summed E-state index contributed by atoms with van der Waals surface area (Å²) in [6.45, 7) is 0. The molecule has 0 radical (unpaired) electrons. The summed E-state index contributed by atoms with van der Waals surface area (Å²) in [5.74, 6) is -2.38. The van der Waals surface area contributed by atoms with Crippen molar-refractivity contribution in [2.75, 3.05) is 0 Å². The van der Waals surface area contributed by atoms with Crippen LogP contribution in [0.25, 0.3) is 10.9 Å². The van der Waals surface area contributed by atoms with Crippen LogP contribution in [-0.2, 0) is 16.6 Å². The minimum absolute atomic E-state index is 0.266. The highest BCUT2D eigenvalue weighted by atomic mass is 16.4. The molecule has 0 aliphatic carbocycles. The Bertz CT molecular complexity index is 669. The highest BCUT2D eigenvalue weighted by Gasteiger charge is 2.21. The summed E-state index contributed by atoms with van der Waals surface area (Å²) in [6.07, 6.45) is 1.01. The topological polar surface area (TPSA) is 76.4 Å². The van der Waals surface area contributed by atoms with Crippen molar-refractivity contribution in [2.24, 2.45) is 7.05 Å². The van der Waals surface area contributed by atoms with Gasteiger partial charge in [-0.15, -0.1) is 0 Å². The molecule has 0 saturated carbocycles. The first-order valence-electron chi connectivity index (χ1n) is 5.84. The summed E-state index contributed by atoms with van der Waals surface area (Å²) < 4.78 is 1.77. The number of aromatic nitrogens is 1. The number of aryl methyl sites for hydroxylation is 1. The van der Waals surface area contributed by atoms with Crippen LogP contribution in [0.5, 0.6) is 0 Å². The van der Waals surface area contributed by atoms with Crippen molar-refractivity contribution in [3.63, 3.8) is 0 Å². The lowest BCUT2D eigenvalue weighted by Crippen LogP contribution is -2.15. The second-order valence-corrected chi connectivity index (χ2v) is 4.32. The SMILES string of the molecule is Cn1cc(C(=O)C(=O)CCC(=O)O)c2ccccc21. The molecule has 1 N–H and O–H groups in total. The van der Waals surface area contributed by atoms with E-state index in [0.29, 0.717) is 10.9 Å². The third kappa shape index (κ3) is 2.54. The highest BCUT2D eigenvalue weighted by Crippen LogP contribution is 2.21. The van der Waals surface area contributed by atoms with Gasteiger partial charge in [0.25, 0.3) is 0 Å². The van der Waals surface area contributed by atoms with Gasteiger partial charge in [-0.1, -0.05) is 18.2 Å². The van der Waals surface area contributed by atoms with Crippen LogP contribution in [0, 0.1) is 0 Å². The predicted octanol–water partition coefficient (Wildman–Crippen LogP) is 1.79. The number of ketones is 2. The van der Waals surface area contributed by atoms with Gasteiger partial charge in [0.2, 0.25) is 11.6 Å². The van der Waals surface area contributed by atoms with E-state index in [9.17, 15) is 14.4 Å². The molecule has 0 bridgehead atoms. The van der Waals surface area contributed by atoms with E-state index in [2.05, 4.69) is 0 Å². The molecule has 1 aromatic carbocycles. The number of carboxylic acids is 1. The van der Waals surface area contributed by atoms with E-state index >= 15 is 0 Å². The molecule has 0 aliphatic heterocycles. The number of rotatable bonds is 5. The standard InChI is InChI=1S/C14H13NO4/c1-15-8-10(9-4-2-3-5-11(9)15)14(19)12(16)6-7-13(17)18/h2-5,8H,6-7H2,1H3,(H,17,18). The number of benzene rings is 1. The van der Waals surface area contributed by atoms with E-state index in [0.717, 1.165) is 5.52 Å². The van der Waals surface area contributed by atoms with Crippen molar-refractivity contribution in [3.05, 3.63) is 36.0 Å². The molecule has 1 heterocycles. The third-order valence-electron chi connectivity index (χ3n) is 2.96. The van der Waals surface area contributed by atoms with Gasteiger partial charge in [0.05, 0.1) is 12.0 Å². The van der Waals surface area contributed by atoms with E-state index in [-0.39, 0.29) is 12.8 Å². The van der Waals surface area contributed by atoms with Gasteiger partial charge >= 0.3 is 5.97 Å². The molecule has 0 unspecified atom stereocenters. The maximum Gasteiger partial charge on any atom is 0.303 e. The van der Waals surface area contributed by atoms with Crippen molar-refractivity contribution < 1.29 is 19.5 Å². The number of para-hydroxylation sites is 1. The van der Waals surface area contributed by atoms with E-state index in [1.165, 1.54) is 0 Å². The number of hydrogen-bond acceptors (Lipinski definition) is 3. The molecular weight excluding hydrogens is 246 g/mol. The van der Waals surface area contributed by atoms with Crippen molar-refractivity contribution in [1.29, 1.82) is 0 Å². The average Bonchev–Trinajstić information content (AvgIpc) is 2.73.